The summed E-state index contributed by atoms with van der Waals surface area (Å²) in [7, 11) is 0. The molecular weight excluding hydrogens is 248 g/mol. The molecule has 4 nitrogen and oxygen atoms in total. The molecule has 1 aromatic rings. The van der Waals surface area contributed by atoms with Gasteiger partial charge < -0.3 is 10.4 Å². The van der Waals surface area contributed by atoms with Gasteiger partial charge in [-0.2, -0.15) is 11.8 Å². The van der Waals surface area contributed by atoms with Crippen LogP contribution in [-0.2, 0) is 0 Å². The number of nitrogens with zero attached hydrogens (tertiary/aromatic N) is 1. The summed E-state index contributed by atoms with van der Waals surface area (Å²) in [5.74, 6) is 5.08. The molecule has 0 saturated heterocycles. The van der Waals surface area contributed by atoms with Crippen molar-refractivity contribution in [2.45, 2.75) is 12.2 Å². The van der Waals surface area contributed by atoms with Gasteiger partial charge in [0.2, 0.25) is 0 Å². The largest absolute Gasteiger partial charge is 0.384 e. The van der Waals surface area contributed by atoms with Crippen molar-refractivity contribution in [3.8, 4) is 11.8 Å². The van der Waals surface area contributed by atoms with Crippen molar-refractivity contribution in [3.05, 3.63) is 29.6 Å². The van der Waals surface area contributed by atoms with Gasteiger partial charge in [-0.05, 0) is 12.3 Å². The first-order chi connectivity index (χ1) is 8.67. The number of carbonyl (C=O) groups excluding carboxylic acids is 1. The fraction of sp³-hybridized carbons (Fsp3) is 0.385. The lowest BCUT2D eigenvalue weighted by Crippen LogP contribution is -2.29. The SMILES string of the molecule is CSC(C)CNC(=O)c1cncc(C#CCO)c1. The zero-order valence-corrected chi connectivity index (χ0v) is 11.3. The molecule has 0 aliphatic carbocycles. The number of amides is 1. The van der Waals surface area contributed by atoms with Gasteiger partial charge in [-0.25, -0.2) is 0 Å². The number of rotatable bonds is 4. The van der Waals surface area contributed by atoms with Gasteiger partial charge in [-0.3, -0.25) is 9.78 Å². The molecule has 96 valence electrons. The molecule has 5 heteroatoms. The highest BCUT2D eigenvalue weighted by Gasteiger charge is 2.07. The lowest BCUT2D eigenvalue weighted by molar-refractivity contribution is 0.0953. The summed E-state index contributed by atoms with van der Waals surface area (Å²) >= 11 is 1.70. The Labute approximate surface area is 111 Å². The van der Waals surface area contributed by atoms with Crippen LogP contribution in [0.15, 0.2) is 18.5 Å². The minimum Gasteiger partial charge on any atom is -0.384 e. The monoisotopic (exact) mass is 264 g/mol. The van der Waals surface area contributed by atoms with Crippen LogP contribution in [0.25, 0.3) is 0 Å². The fourth-order valence-electron chi connectivity index (χ4n) is 1.20. The molecule has 1 unspecified atom stereocenters. The van der Waals surface area contributed by atoms with Crippen molar-refractivity contribution >= 4 is 17.7 Å². The molecular formula is C13H16N2O2S. The van der Waals surface area contributed by atoms with Crippen LogP contribution in [-0.4, -0.2) is 40.7 Å². The molecule has 1 amide bonds. The van der Waals surface area contributed by atoms with Gasteiger partial charge in [0.1, 0.15) is 6.61 Å². The second-order valence-corrected chi connectivity index (χ2v) is 4.95. The van der Waals surface area contributed by atoms with Crippen molar-refractivity contribution in [1.29, 1.82) is 0 Å². The Morgan fingerprint density at radius 1 is 1.61 bits per heavy atom. The maximum Gasteiger partial charge on any atom is 0.252 e. The number of nitrogens with one attached hydrogen (secondary N) is 1. The summed E-state index contributed by atoms with van der Waals surface area (Å²) in [6, 6.07) is 1.66. The van der Waals surface area contributed by atoms with Gasteiger partial charge in [0.05, 0.1) is 5.56 Å². The third kappa shape index (κ3) is 4.78. The molecule has 1 heterocycles. The Balaban J connectivity index is 2.68. The van der Waals surface area contributed by atoms with Crippen LogP contribution < -0.4 is 5.32 Å². The number of aliphatic hydroxyl groups excluding tert-OH is 1. The van der Waals surface area contributed by atoms with Crippen LogP contribution in [0.3, 0.4) is 0 Å². The second kappa shape index (κ2) is 7.75. The predicted octanol–water partition coefficient (Wildman–Crippen LogP) is 0.907. The third-order valence-corrected chi connectivity index (χ3v) is 3.24. The zero-order chi connectivity index (χ0) is 13.4. The van der Waals surface area contributed by atoms with E-state index in [1.165, 1.54) is 6.20 Å². The van der Waals surface area contributed by atoms with Crippen molar-refractivity contribution in [2.24, 2.45) is 0 Å². The molecule has 18 heavy (non-hydrogen) atoms. The highest BCUT2D eigenvalue weighted by Crippen LogP contribution is 2.05. The zero-order valence-electron chi connectivity index (χ0n) is 10.4. The molecule has 1 atom stereocenters. The van der Waals surface area contributed by atoms with Crippen LogP contribution in [0.1, 0.15) is 22.8 Å². The smallest absolute Gasteiger partial charge is 0.252 e. The fourth-order valence-corrected chi connectivity index (χ4v) is 1.45. The third-order valence-electron chi connectivity index (χ3n) is 2.26. The van der Waals surface area contributed by atoms with Gasteiger partial charge >= 0.3 is 0 Å². The van der Waals surface area contributed by atoms with E-state index in [1.807, 2.05) is 13.2 Å². The van der Waals surface area contributed by atoms with Crippen molar-refractivity contribution in [3.63, 3.8) is 0 Å². The minimum atomic E-state index is -0.207. The molecule has 0 aliphatic rings. The maximum absolute atomic E-state index is 11.8. The van der Waals surface area contributed by atoms with E-state index < -0.39 is 0 Å². The van der Waals surface area contributed by atoms with Crippen LogP contribution >= 0.6 is 11.8 Å². The molecule has 1 aromatic heterocycles. The van der Waals surface area contributed by atoms with Gasteiger partial charge in [-0.1, -0.05) is 18.8 Å². The van der Waals surface area contributed by atoms with Gasteiger partial charge in [-0.15, -0.1) is 0 Å². The van der Waals surface area contributed by atoms with Gasteiger partial charge in [0.25, 0.3) is 5.91 Å². The summed E-state index contributed by atoms with van der Waals surface area (Å²) < 4.78 is 0. The molecule has 0 saturated carbocycles. The summed E-state index contributed by atoms with van der Waals surface area (Å²) in [6.45, 7) is 2.46. The molecule has 0 aromatic carbocycles. The molecule has 0 radical (unpaired) electrons. The number of aromatic nitrogens is 1. The Hall–Kier alpha value is -1.51. The van der Waals surface area contributed by atoms with Gasteiger partial charge in [0, 0.05) is 29.8 Å². The second-order valence-electron chi connectivity index (χ2n) is 3.68. The predicted molar refractivity (Wildman–Crippen MR) is 73.5 cm³/mol. The van der Waals surface area contributed by atoms with Crippen molar-refractivity contribution < 1.29 is 9.90 Å². The number of pyridine rings is 1. The first-order valence-corrected chi connectivity index (χ1v) is 6.82. The number of aliphatic hydroxyl groups is 1. The van der Waals surface area contributed by atoms with E-state index in [0.717, 1.165) is 0 Å². The lowest BCUT2D eigenvalue weighted by atomic mass is 10.2. The van der Waals surface area contributed by atoms with Crippen LogP contribution in [0.4, 0.5) is 0 Å². The molecule has 1 rings (SSSR count). The summed E-state index contributed by atoms with van der Waals surface area (Å²) in [6.07, 6.45) is 5.07. The average Bonchev–Trinajstić information content (AvgIpc) is 2.42. The number of carbonyl (C=O) groups is 1. The molecule has 0 spiro atoms. The van der Waals surface area contributed by atoms with E-state index in [0.29, 0.717) is 22.9 Å². The average molecular weight is 264 g/mol. The first-order valence-electron chi connectivity index (χ1n) is 5.53. The molecule has 0 aliphatic heterocycles. The quantitative estimate of drug-likeness (QED) is 0.793. The molecule has 0 fully saturated rings. The van der Waals surface area contributed by atoms with Gasteiger partial charge in [0.15, 0.2) is 0 Å². The van der Waals surface area contributed by atoms with Crippen LogP contribution in [0.2, 0.25) is 0 Å². The normalized spacial score (nSPS) is 11.3. The minimum absolute atomic E-state index is 0.156. The van der Waals surface area contributed by atoms with Crippen molar-refractivity contribution in [1.82, 2.24) is 10.3 Å². The maximum atomic E-state index is 11.8. The number of hydrogen-bond acceptors (Lipinski definition) is 4. The Kier molecular flexibility index (Phi) is 6.26. The number of thioether (sulfide) groups is 1. The van der Waals surface area contributed by atoms with E-state index >= 15 is 0 Å². The van der Waals surface area contributed by atoms with E-state index in [9.17, 15) is 4.79 Å². The molecule has 2 N–H and O–H groups in total. The van der Waals surface area contributed by atoms with E-state index in [1.54, 1.807) is 24.0 Å². The van der Waals surface area contributed by atoms with E-state index in [4.69, 9.17) is 5.11 Å². The van der Waals surface area contributed by atoms with E-state index in [2.05, 4.69) is 22.1 Å². The topological polar surface area (TPSA) is 62.2 Å². The highest BCUT2D eigenvalue weighted by atomic mass is 32.2. The standard InChI is InChI=1S/C13H16N2O2S/c1-10(18-2)7-15-13(17)12-6-11(4-3-5-16)8-14-9-12/h6,8-10,16H,5,7H2,1-2H3,(H,15,17). The summed E-state index contributed by atoms with van der Waals surface area (Å²) in [5.41, 5.74) is 1.10. The summed E-state index contributed by atoms with van der Waals surface area (Å²) in [4.78, 5) is 15.8. The Morgan fingerprint density at radius 3 is 3.06 bits per heavy atom. The Bertz CT molecular complexity index is 466. The van der Waals surface area contributed by atoms with Crippen LogP contribution in [0, 0.1) is 11.8 Å². The number of hydrogen-bond donors (Lipinski definition) is 2. The van der Waals surface area contributed by atoms with Crippen LogP contribution in [0.5, 0.6) is 0 Å². The first kappa shape index (κ1) is 14.6. The lowest BCUT2D eigenvalue weighted by Gasteiger charge is -2.09. The molecule has 0 bridgehead atoms. The van der Waals surface area contributed by atoms with E-state index in [-0.39, 0.29) is 12.5 Å². The van der Waals surface area contributed by atoms with Crippen molar-refractivity contribution in [2.75, 3.05) is 19.4 Å². The Morgan fingerprint density at radius 2 is 2.39 bits per heavy atom. The highest BCUT2D eigenvalue weighted by molar-refractivity contribution is 7.99. The summed E-state index contributed by atoms with van der Waals surface area (Å²) in [5, 5.41) is 11.8.